The van der Waals surface area contributed by atoms with Crippen molar-refractivity contribution in [3.8, 4) is 11.4 Å². The molecule has 1 aromatic carbocycles. The van der Waals surface area contributed by atoms with Gasteiger partial charge in [-0.05, 0) is 19.1 Å². The maximum atomic E-state index is 12.7. The summed E-state index contributed by atoms with van der Waals surface area (Å²) in [6.45, 7) is 1.70. The van der Waals surface area contributed by atoms with Gasteiger partial charge in [0.25, 0.3) is 0 Å². The van der Waals surface area contributed by atoms with Gasteiger partial charge >= 0.3 is 6.18 Å². The first kappa shape index (κ1) is 10.7. The van der Waals surface area contributed by atoms with Crippen molar-refractivity contribution in [2.75, 3.05) is 0 Å². The second kappa shape index (κ2) is 3.62. The number of alkyl halides is 3. The van der Waals surface area contributed by atoms with Crippen LogP contribution in [0.15, 0.2) is 29.1 Å². The molecule has 2 aromatic rings. The molecule has 0 saturated heterocycles. The molecule has 0 aliphatic heterocycles. The van der Waals surface area contributed by atoms with Crippen molar-refractivity contribution >= 4 is 0 Å². The summed E-state index contributed by atoms with van der Waals surface area (Å²) in [5.74, 6) is -0.0592. The first-order chi connectivity index (χ1) is 7.48. The fourth-order valence-corrected chi connectivity index (χ4v) is 1.38. The highest BCUT2D eigenvalue weighted by molar-refractivity contribution is 5.61. The van der Waals surface area contributed by atoms with Crippen LogP contribution < -0.4 is 0 Å². The average molecular weight is 228 g/mol. The van der Waals surface area contributed by atoms with Crippen LogP contribution in [-0.2, 0) is 6.18 Å². The van der Waals surface area contributed by atoms with Crippen LogP contribution in [0, 0.1) is 6.92 Å². The standard InChI is InChI=1S/C10H7F3N2O/c1-6-2-3-8(10(11,12)13)7(4-6)9-14-5-16-15-9/h2-5H,1H3. The molecule has 6 heteroatoms. The Bertz CT molecular complexity index is 491. The molecule has 0 saturated carbocycles. The second-order valence-electron chi connectivity index (χ2n) is 3.30. The normalized spacial score (nSPS) is 11.8. The minimum absolute atomic E-state index is 0.0592. The van der Waals surface area contributed by atoms with E-state index < -0.39 is 11.7 Å². The van der Waals surface area contributed by atoms with E-state index in [9.17, 15) is 13.2 Å². The van der Waals surface area contributed by atoms with E-state index in [4.69, 9.17) is 0 Å². The van der Waals surface area contributed by atoms with Crippen LogP contribution in [0.4, 0.5) is 13.2 Å². The monoisotopic (exact) mass is 228 g/mol. The van der Waals surface area contributed by atoms with E-state index in [0.717, 1.165) is 12.5 Å². The number of hydrogen-bond donors (Lipinski definition) is 0. The fourth-order valence-electron chi connectivity index (χ4n) is 1.38. The van der Waals surface area contributed by atoms with Crippen molar-refractivity contribution in [1.82, 2.24) is 10.1 Å². The van der Waals surface area contributed by atoms with Gasteiger partial charge in [-0.25, -0.2) is 0 Å². The lowest BCUT2D eigenvalue weighted by Crippen LogP contribution is -2.07. The third kappa shape index (κ3) is 1.91. The van der Waals surface area contributed by atoms with Crippen LogP contribution >= 0.6 is 0 Å². The molecule has 2 rings (SSSR count). The molecule has 0 N–H and O–H groups in total. The first-order valence-corrected chi connectivity index (χ1v) is 4.43. The van der Waals surface area contributed by atoms with Gasteiger partial charge in [0, 0.05) is 5.56 Å². The number of hydrogen-bond acceptors (Lipinski definition) is 3. The van der Waals surface area contributed by atoms with E-state index in [1.165, 1.54) is 12.1 Å². The van der Waals surface area contributed by atoms with Gasteiger partial charge in [-0.15, -0.1) is 0 Å². The van der Waals surface area contributed by atoms with Gasteiger partial charge in [0.05, 0.1) is 5.56 Å². The molecule has 3 nitrogen and oxygen atoms in total. The summed E-state index contributed by atoms with van der Waals surface area (Å²) in [7, 11) is 0. The largest absolute Gasteiger partial charge is 0.417 e. The molecule has 0 aliphatic rings. The molecule has 0 bridgehead atoms. The number of aryl methyl sites for hydroxylation is 1. The van der Waals surface area contributed by atoms with E-state index >= 15 is 0 Å². The van der Waals surface area contributed by atoms with Crippen molar-refractivity contribution in [2.24, 2.45) is 0 Å². The summed E-state index contributed by atoms with van der Waals surface area (Å²) in [6.07, 6.45) is -3.43. The minimum atomic E-state index is -4.43. The topological polar surface area (TPSA) is 38.9 Å². The molecule has 16 heavy (non-hydrogen) atoms. The number of benzene rings is 1. The van der Waals surface area contributed by atoms with Gasteiger partial charge < -0.3 is 4.52 Å². The number of nitrogens with zero attached hydrogens (tertiary/aromatic N) is 2. The lowest BCUT2D eigenvalue weighted by molar-refractivity contribution is -0.137. The highest BCUT2D eigenvalue weighted by atomic mass is 19.4. The van der Waals surface area contributed by atoms with Crippen molar-refractivity contribution < 1.29 is 17.7 Å². The zero-order valence-corrected chi connectivity index (χ0v) is 8.25. The van der Waals surface area contributed by atoms with Crippen LogP contribution in [0.3, 0.4) is 0 Å². The minimum Gasteiger partial charge on any atom is -0.342 e. The molecule has 0 unspecified atom stereocenters. The Labute approximate surface area is 88.9 Å². The maximum absolute atomic E-state index is 12.7. The molecular formula is C10H7F3N2O. The summed E-state index contributed by atoms with van der Waals surface area (Å²) in [6, 6.07) is 3.79. The molecule has 1 heterocycles. The Morgan fingerprint density at radius 2 is 2.00 bits per heavy atom. The van der Waals surface area contributed by atoms with E-state index in [0.29, 0.717) is 5.56 Å². The Morgan fingerprint density at radius 3 is 2.56 bits per heavy atom. The van der Waals surface area contributed by atoms with E-state index in [2.05, 4.69) is 14.7 Å². The Kier molecular flexibility index (Phi) is 2.41. The molecule has 0 aliphatic carbocycles. The highest BCUT2D eigenvalue weighted by Crippen LogP contribution is 2.36. The van der Waals surface area contributed by atoms with E-state index in [-0.39, 0.29) is 11.4 Å². The number of halogens is 3. The van der Waals surface area contributed by atoms with Crippen molar-refractivity contribution in [1.29, 1.82) is 0 Å². The maximum Gasteiger partial charge on any atom is 0.417 e. The van der Waals surface area contributed by atoms with Crippen molar-refractivity contribution in [3.05, 3.63) is 35.7 Å². The molecule has 0 radical (unpaired) electrons. The van der Waals surface area contributed by atoms with Crippen LogP contribution in [0.5, 0.6) is 0 Å². The summed E-state index contributed by atoms with van der Waals surface area (Å²) in [5.41, 5.74) is -0.131. The molecule has 84 valence electrons. The Balaban J connectivity index is 2.63. The van der Waals surface area contributed by atoms with Gasteiger partial charge in [0.1, 0.15) is 0 Å². The summed E-state index contributed by atoms with van der Waals surface area (Å²) >= 11 is 0. The first-order valence-electron chi connectivity index (χ1n) is 4.43. The van der Waals surface area contributed by atoms with Crippen molar-refractivity contribution in [2.45, 2.75) is 13.1 Å². The summed E-state index contributed by atoms with van der Waals surface area (Å²) in [5, 5.41) is 3.42. The number of rotatable bonds is 1. The predicted octanol–water partition coefficient (Wildman–Crippen LogP) is 3.06. The zero-order valence-electron chi connectivity index (χ0n) is 8.25. The SMILES string of the molecule is Cc1ccc(C(F)(F)F)c(-c2ncon2)c1. The third-order valence-corrected chi connectivity index (χ3v) is 2.08. The predicted molar refractivity (Wildman–Crippen MR) is 49.5 cm³/mol. The Morgan fingerprint density at radius 1 is 1.25 bits per heavy atom. The Hall–Kier alpha value is -1.85. The van der Waals surface area contributed by atoms with Gasteiger partial charge in [0.15, 0.2) is 0 Å². The van der Waals surface area contributed by atoms with Crippen molar-refractivity contribution in [3.63, 3.8) is 0 Å². The van der Waals surface area contributed by atoms with Crippen LogP contribution in [0.1, 0.15) is 11.1 Å². The lowest BCUT2D eigenvalue weighted by atomic mass is 10.0. The number of aromatic nitrogens is 2. The molecule has 1 aromatic heterocycles. The van der Waals surface area contributed by atoms with Gasteiger partial charge in [0.2, 0.25) is 12.2 Å². The fraction of sp³-hybridized carbons (Fsp3) is 0.200. The molecule has 0 spiro atoms. The zero-order chi connectivity index (χ0) is 11.8. The lowest BCUT2D eigenvalue weighted by Gasteiger charge is -2.10. The van der Waals surface area contributed by atoms with Gasteiger partial charge in [-0.1, -0.05) is 16.8 Å². The van der Waals surface area contributed by atoms with E-state index in [1.54, 1.807) is 6.92 Å². The average Bonchev–Trinajstić information content (AvgIpc) is 2.68. The van der Waals surface area contributed by atoms with E-state index in [1.807, 2.05) is 0 Å². The van der Waals surface area contributed by atoms with Crippen LogP contribution in [-0.4, -0.2) is 10.1 Å². The third-order valence-electron chi connectivity index (χ3n) is 2.08. The smallest absolute Gasteiger partial charge is 0.342 e. The summed E-state index contributed by atoms with van der Waals surface area (Å²) in [4.78, 5) is 3.62. The van der Waals surface area contributed by atoms with Gasteiger partial charge in [-0.3, -0.25) is 0 Å². The summed E-state index contributed by atoms with van der Waals surface area (Å²) < 4.78 is 42.5. The quantitative estimate of drug-likeness (QED) is 0.752. The van der Waals surface area contributed by atoms with Crippen LogP contribution in [0.25, 0.3) is 11.4 Å². The molecular weight excluding hydrogens is 221 g/mol. The second-order valence-corrected chi connectivity index (χ2v) is 3.30. The molecule has 0 amide bonds. The molecule has 0 fully saturated rings. The van der Waals surface area contributed by atoms with Crippen LogP contribution in [0.2, 0.25) is 0 Å². The molecule has 0 atom stereocenters. The van der Waals surface area contributed by atoms with Gasteiger partial charge in [-0.2, -0.15) is 18.2 Å². The highest BCUT2D eigenvalue weighted by Gasteiger charge is 2.34.